The zero-order valence-corrected chi connectivity index (χ0v) is 21.8. The second-order valence-corrected chi connectivity index (χ2v) is 10.0. The molecular formula is C28H44N2O4. The first-order valence-corrected chi connectivity index (χ1v) is 12.9. The number of nitrogens with one attached hydrogen (secondary N) is 1. The highest BCUT2D eigenvalue weighted by Crippen LogP contribution is 2.30. The van der Waals surface area contributed by atoms with Gasteiger partial charge in [-0.25, -0.2) is 4.79 Å². The van der Waals surface area contributed by atoms with Gasteiger partial charge in [0.1, 0.15) is 0 Å². The average molecular weight is 473 g/mol. The van der Waals surface area contributed by atoms with E-state index in [1.807, 2.05) is 17.0 Å². The summed E-state index contributed by atoms with van der Waals surface area (Å²) in [7, 11) is 1.56. The highest BCUT2D eigenvalue weighted by atomic mass is 16.6. The minimum absolute atomic E-state index is 0.0450. The minimum Gasteiger partial charge on any atom is -0.493 e. The number of benzene rings is 1. The maximum Gasteiger partial charge on any atom is 0.415 e. The van der Waals surface area contributed by atoms with Crippen molar-refractivity contribution in [1.29, 1.82) is 0 Å². The summed E-state index contributed by atoms with van der Waals surface area (Å²) < 4.78 is 11.2. The molecule has 1 saturated heterocycles. The Kier molecular flexibility index (Phi) is 12.0. The number of piperidine rings is 1. The van der Waals surface area contributed by atoms with E-state index in [0.29, 0.717) is 36.3 Å². The maximum absolute atomic E-state index is 12.9. The summed E-state index contributed by atoms with van der Waals surface area (Å²) in [6.45, 7) is 9.84. The zero-order chi connectivity index (χ0) is 24.9. The molecule has 1 aliphatic rings. The number of amides is 2. The molecule has 1 fully saturated rings. The largest absolute Gasteiger partial charge is 0.493 e. The van der Waals surface area contributed by atoms with E-state index in [-0.39, 0.29) is 18.0 Å². The number of carbonyl (C=O) groups excluding carboxylic acids is 2. The predicted octanol–water partition coefficient (Wildman–Crippen LogP) is 6.48. The smallest absolute Gasteiger partial charge is 0.415 e. The van der Waals surface area contributed by atoms with Gasteiger partial charge in [-0.15, -0.1) is 0 Å². The summed E-state index contributed by atoms with van der Waals surface area (Å²) in [6, 6.07) is 5.67. The van der Waals surface area contributed by atoms with Crippen molar-refractivity contribution in [2.45, 2.75) is 91.6 Å². The van der Waals surface area contributed by atoms with Crippen LogP contribution in [0.4, 0.5) is 4.79 Å². The minimum atomic E-state index is -0.312. The Morgan fingerprint density at radius 3 is 2.65 bits per heavy atom. The van der Waals surface area contributed by atoms with Crippen LogP contribution in [0.2, 0.25) is 0 Å². The third-order valence-electron chi connectivity index (χ3n) is 6.07. The van der Waals surface area contributed by atoms with Crippen LogP contribution in [0.15, 0.2) is 30.4 Å². The number of likely N-dealkylation sites (tertiary alicyclic amines) is 1. The number of allylic oxidation sites excluding steroid dienone is 2. The summed E-state index contributed by atoms with van der Waals surface area (Å²) >= 11 is 0. The lowest BCUT2D eigenvalue weighted by Gasteiger charge is -2.35. The fourth-order valence-corrected chi connectivity index (χ4v) is 4.29. The van der Waals surface area contributed by atoms with Crippen LogP contribution in [-0.4, -0.2) is 36.6 Å². The lowest BCUT2D eigenvalue weighted by Crippen LogP contribution is -2.45. The van der Waals surface area contributed by atoms with Gasteiger partial charge in [0, 0.05) is 25.6 Å². The topological polar surface area (TPSA) is 67.9 Å². The molecule has 1 heterocycles. The normalized spacial score (nSPS) is 16.3. The second kappa shape index (κ2) is 14.7. The first-order valence-electron chi connectivity index (χ1n) is 12.9. The van der Waals surface area contributed by atoms with Crippen LogP contribution in [0.5, 0.6) is 11.5 Å². The van der Waals surface area contributed by atoms with Crippen molar-refractivity contribution in [3.05, 3.63) is 35.9 Å². The number of ether oxygens (including phenoxy) is 2. The summed E-state index contributed by atoms with van der Waals surface area (Å²) in [5.41, 5.74) is 0.903. The summed E-state index contributed by atoms with van der Waals surface area (Å²) in [4.78, 5) is 27.0. The Labute approximate surface area is 206 Å². The standard InChI is InChI=1S/C28H44N2O4/c1-21(2)12-8-6-7-9-14-27(31)29-20-23-15-16-25(26(19-23)33-5)34-28(32)30-17-11-10-13-24(30)18-22(3)4/h8,12,15-16,19,21-22,24H,6-7,9-11,13-14,17-18,20H2,1-5H3,(H,29,31)/b12-8+. The quantitative estimate of drug-likeness (QED) is 0.279. The Hall–Kier alpha value is -2.50. The van der Waals surface area contributed by atoms with Crippen molar-refractivity contribution >= 4 is 12.0 Å². The first kappa shape index (κ1) is 27.7. The fraction of sp³-hybridized carbons (Fsp3) is 0.643. The van der Waals surface area contributed by atoms with Crippen LogP contribution in [-0.2, 0) is 11.3 Å². The van der Waals surface area contributed by atoms with Gasteiger partial charge in [-0.2, -0.15) is 0 Å². The number of hydrogen-bond acceptors (Lipinski definition) is 4. The van der Waals surface area contributed by atoms with Gasteiger partial charge in [-0.05, 0) is 74.5 Å². The third kappa shape index (κ3) is 9.78. The van der Waals surface area contributed by atoms with Crippen molar-refractivity contribution in [3.8, 4) is 11.5 Å². The molecule has 0 radical (unpaired) electrons. The molecule has 190 valence electrons. The van der Waals surface area contributed by atoms with Crippen LogP contribution in [0, 0.1) is 11.8 Å². The molecule has 1 N–H and O–H groups in total. The van der Waals surface area contributed by atoms with Gasteiger partial charge < -0.3 is 19.7 Å². The molecule has 6 nitrogen and oxygen atoms in total. The Bertz CT molecular complexity index is 804. The van der Waals surface area contributed by atoms with Crippen LogP contribution in [0.1, 0.15) is 84.6 Å². The van der Waals surface area contributed by atoms with Crippen molar-refractivity contribution in [1.82, 2.24) is 10.2 Å². The van der Waals surface area contributed by atoms with Crippen LogP contribution in [0.25, 0.3) is 0 Å². The van der Waals surface area contributed by atoms with E-state index in [9.17, 15) is 9.59 Å². The molecule has 2 rings (SSSR count). The Balaban J connectivity index is 1.85. The molecule has 6 heteroatoms. The molecule has 0 aromatic heterocycles. The lowest BCUT2D eigenvalue weighted by atomic mass is 9.94. The number of carbonyl (C=O) groups is 2. The SMILES string of the molecule is COc1cc(CNC(=O)CCCC/C=C/C(C)C)ccc1OC(=O)N1CCCCC1CC(C)C. The van der Waals surface area contributed by atoms with Crippen molar-refractivity contribution in [2.24, 2.45) is 11.8 Å². The van der Waals surface area contributed by atoms with Gasteiger partial charge in [0.25, 0.3) is 0 Å². The number of rotatable bonds is 12. The Morgan fingerprint density at radius 1 is 1.15 bits per heavy atom. The van der Waals surface area contributed by atoms with E-state index >= 15 is 0 Å². The van der Waals surface area contributed by atoms with Gasteiger partial charge in [-0.1, -0.05) is 45.9 Å². The van der Waals surface area contributed by atoms with Crippen LogP contribution in [0.3, 0.4) is 0 Å². The van der Waals surface area contributed by atoms with Crippen LogP contribution >= 0.6 is 0 Å². The number of methoxy groups -OCH3 is 1. The van der Waals surface area contributed by atoms with E-state index in [2.05, 4.69) is 45.2 Å². The van der Waals surface area contributed by atoms with Crippen LogP contribution < -0.4 is 14.8 Å². The molecule has 1 atom stereocenters. The van der Waals surface area contributed by atoms with E-state index in [1.54, 1.807) is 13.2 Å². The van der Waals surface area contributed by atoms with Gasteiger partial charge in [0.2, 0.25) is 5.91 Å². The third-order valence-corrected chi connectivity index (χ3v) is 6.07. The van der Waals surface area contributed by atoms with E-state index < -0.39 is 0 Å². The second-order valence-electron chi connectivity index (χ2n) is 10.0. The van der Waals surface area contributed by atoms with E-state index in [1.165, 1.54) is 0 Å². The van der Waals surface area contributed by atoms with Gasteiger partial charge >= 0.3 is 6.09 Å². The van der Waals surface area contributed by atoms with Crippen molar-refractivity contribution in [2.75, 3.05) is 13.7 Å². The molecule has 1 aliphatic heterocycles. The highest BCUT2D eigenvalue weighted by Gasteiger charge is 2.29. The van der Waals surface area contributed by atoms with E-state index in [4.69, 9.17) is 9.47 Å². The molecule has 0 aliphatic carbocycles. The lowest BCUT2D eigenvalue weighted by molar-refractivity contribution is -0.121. The number of hydrogen-bond donors (Lipinski definition) is 1. The molecular weight excluding hydrogens is 428 g/mol. The fourth-order valence-electron chi connectivity index (χ4n) is 4.29. The van der Waals surface area contributed by atoms with Crippen molar-refractivity contribution in [3.63, 3.8) is 0 Å². The predicted molar refractivity (Wildman–Crippen MR) is 137 cm³/mol. The molecule has 0 saturated carbocycles. The van der Waals surface area contributed by atoms with Gasteiger partial charge in [-0.3, -0.25) is 4.79 Å². The molecule has 2 amide bonds. The molecule has 1 unspecified atom stereocenters. The highest BCUT2D eigenvalue weighted by molar-refractivity contribution is 5.76. The molecule has 1 aromatic carbocycles. The van der Waals surface area contributed by atoms with Gasteiger partial charge in [0.05, 0.1) is 7.11 Å². The average Bonchev–Trinajstić information content (AvgIpc) is 2.80. The number of nitrogens with zero attached hydrogens (tertiary/aromatic N) is 1. The molecule has 1 aromatic rings. The summed E-state index contributed by atoms with van der Waals surface area (Å²) in [5, 5.41) is 2.97. The van der Waals surface area contributed by atoms with E-state index in [0.717, 1.165) is 57.1 Å². The number of unbranched alkanes of at least 4 members (excludes halogenated alkanes) is 2. The molecule has 34 heavy (non-hydrogen) atoms. The Morgan fingerprint density at radius 2 is 1.94 bits per heavy atom. The monoisotopic (exact) mass is 472 g/mol. The molecule has 0 bridgehead atoms. The van der Waals surface area contributed by atoms with Crippen molar-refractivity contribution < 1.29 is 19.1 Å². The first-order chi connectivity index (χ1) is 16.3. The zero-order valence-electron chi connectivity index (χ0n) is 21.8. The molecule has 0 spiro atoms. The maximum atomic E-state index is 12.9. The summed E-state index contributed by atoms with van der Waals surface area (Å²) in [6.07, 6.45) is 11.7. The summed E-state index contributed by atoms with van der Waals surface area (Å²) in [5.74, 6) is 2.05. The van der Waals surface area contributed by atoms with Gasteiger partial charge in [0.15, 0.2) is 11.5 Å².